The smallest absolute Gasteiger partial charge is 0.0949 e. The molecule has 0 aliphatic rings. The summed E-state index contributed by atoms with van der Waals surface area (Å²) in [4.78, 5) is 5.73. The lowest BCUT2D eigenvalue weighted by atomic mass is 10.1. The molecule has 0 fully saturated rings. The van der Waals surface area contributed by atoms with Gasteiger partial charge in [-0.15, -0.1) is 11.3 Å². The lowest BCUT2D eigenvalue weighted by molar-refractivity contribution is 0.717. The molecule has 0 aliphatic heterocycles. The van der Waals surface area contributed by atoms with Gasteiger partial charge in [-0.3, -0.25) is 0 Å². The third-order valence-electron chi connectivity index (χ3n) is 2.83. The van der Waals surface area contributed by atoms with Crippen LogP contribution in [-0.2, 0) is 6.42 Å². The summed E-state index contributed by atoms with van der Waals surface area (Å²) in [6.07, 6.45) is 0.695. The van der Waals surface area contributed by atoms with Crippen LogP contribution in [0.15, 0.2) is 18.2 Å². The average Bonchev–Trinajstić information content (AvgIpc) is 2.57. The molecule has 1 atom stereocenters. The number of halogens is 2. The van der Waals surface area contributed by atoms with E-state index in [0.29, 0.717) is 16.5 Å². The zero-order valence-electron chi connectivity index (χ0n) is 10.2. The van der Waals surface area contributed by atoms with Gasteiger partial charge in [0.1, 0.15) is 0 Å². The van der Waals surface area contributed by atoms with Crippen molar-refractivity contribution in [2.24, 2.45) is 5.73 Å². The summed E-state index contributed by atoms with van der Waals surface area (Å²) in [6, 6.07) is 5.25. The number of nitrogens with zero attached hydrogens (tertiary/aromatic N) is 1. The van der Waals surface area contributed by atoms with E-state index < -0.39 is 0 Å². The van der Waals surface area contributed by atoms with E-state index in [0.717, 1.165) is 16.3 Å². The number of aryl methyl sites for hydroxylation is 2. The van der Waals surface area contributed by atoms with Crippen LogP contribution in [0.2, 0.25) is 10.0 Å². The Labute approximate surface area is 121 Å². The van der Waals surface area contributed by atoms with Crippen molar-refractivity contribution in [3.05, 3.63) is 49.4 Å². The monoisotopic (exact) mass is 300 g/mol. The summed E-state index contributed by atoms with van der Waals surface area (Å²) in [5.74, 6) is 0. The number of rotatable bonds is 3. The molecule has 0 amide bonds. The predicted octanol–water partition coefficient (Wildman–Crippen LogP) is 4.31. The Balaban J connectivity index is 2.19. The summed E-state index contributed by atoms with van der Waals surface area (Å²) >= 11 is 13.7. The molecule has 1 aromatic carbocycles. The molecule has 5 heteroatoms. The fourth-order valence-corrected chi connectivity index (χ4v) is 3.27. The van der Waals surface area contributed by atoms with Crippen molar-refractivity contribution in [1.82, 2.24) is 4.98 Å². The van der Waals surface area contributed by atoms with Crippen LogP contribution in [0.5, 0.6) is 0 Å². The Morgan fingerprint density at radius 2 is 2.06 bits per heavy atom. The van der Waals surface area contributed by atoms with Crippen molar-refractivity contribution < 1.29 is 0 Å². The Hall–Kier alpha value is -0.610. The lowest BCUT2D eigenvalue weighted by Gasteiger charge is -2.12. The van der Waals surface area contributed by atoms with E-state index >= 15 is 0 Å². The minimum Gasteiger partial charge on any atom is -0.324 e. The Morgan fingerprint density at radius 1 is 1.33 bits per heavy atom. The van der Waals surface area contributed by atoms with Gasteiger partial charge in [0.2, 0.25) is 0 Å². The maximum Gasteiger partial charge on any atom is 0.0949 e. The van der Waals surface area contributed by atoms with E-state index in [-0.39, 0.29) is 6.04 Å². The summed E-state index contributed by atoms with van der Waals surface area (Å²) < 4.78 is 0. The molecule has 0 saturated carbocycles. The third-order valence-corrected chi connectivity index (χ3v) is 4.49. The molecular formula is C13H14Cl2N2S. The summed E-state index contributed by atoms with van der Waals surface area (Å²) in [5, 5.41) is 2.28. The van der Waals surface area contributed by atoms with E-state index in [1.165, 1.54) is 4.88 Å². The molecule has 0 bridgehead atoms. The van der Waals surface area contributed by atoms with E-state index in [1.54, 1.807) is 23.5 Å². The zero-order valence-corrected chi connectivity index (χ0v) is 12.5. The number of thiazole rings is 1. The van der Waals surface area contributed by atoms with Crippen LogP contribution in [0.25, 0.3) is 0 Å². The Kier molecular flexibility index (Phi) is 4.28. The molecule has 2 N–H and O–H groups in total. The van der Waals surface area contributed by atoms with Gasteiger partial charge in [-0.25, -0.2) is 4.98 Å². The van der Waals surface area contributed by atoms with Gasteiger partial charge in [0.05, 0.1) is 10.7 Å². The number of aromatic nitrogens is 1. The van der Waals surface area contributed by atoms with Crippen LogP contribution in [0.4, 0.5) is 0 Å². The molecule has 2 nitrogen and oxygen atoms in total. The molecule has 0 spiro atoms. The second kappa shape index (κ2) is 5.57. The summed E-state index contributed by atoms with van der Waals surface area (Å²) in [5.41, 5.74) is 8.16. The highest BCUT2D eigenvalue weighted by Gasteiger charge is 2.14. The molecule has 0 radical (unpaired) electrons. The Bertz CT molecular complexity index is 547. The normalized spacial score (nSPS) is 12.7. The zero-order chi connectivity index (χ0) is 13.3. The van der Waals surface area contributed by atoms with Crippen LogP contribution >= 0.6 is 34.5 Å². The van der Waals surface area contributed by atoms with Gasteiger partial charge in [0.25, 0.3) is 0 Å². The van der Waals surface area contributed by atoms with Crippen LogP contribution in [0, 0.1) is 13.8 Å². The van der Waals surface area contributed by atoms with Crippen molar-refractivity contribution in [1.29, 1.82) is 0 Å². The van der Waals surface area contributed by atoms with Crippen LogP contribution in [-0.4, -0.2) is 4.98 Å². The predicted molar refractivity (Wildman–Crippen MR) is 78.7 cm³/mol. The molecule has 1 aromatic heterocycles. The van der Waals surface area contributed by atoms with Gasteiger partial charge in [-0.05, 0) is 31.5 Å². The van der Waals surface area contributed by atoms with Gasteiger partial charge in [-0.2, -0.15) is 0 Å². The van der Waals surface area contributed by atoms with Crippen molar-refractivity contribution in [2.45, 2.75) is 26.3 Å². The van der Waals surface area contributed by atoms with E-state index in [9.17, 15) is 0 Å². The SMILES string of the molecule is Cc1nc(CC(N)c2ccc(Cl)cc2Cl)sc1C. The highest BCUT2D eigenvalue weighted by molar-refractivity contribution is 7.11. The summed E-state index contributed by atoms with van der Waals surface area (Å²) in [7, 11) is 0. The van der Waals surface area contributed by atoms with Crippen LogP contribution in [0.1, 0.15) is 27.2 Å². The van der Waals surface area contributed by atoms with Crippen molar-refractivity contribution >= 4 is 34.5 Å². The Morgan fingerprint density at radius 3 is 2.61 bits per heavy atom. The molecule has 0 saturated heterocycles. The highest BCUT2D eigenvalue weighted by atomic mass is 35.5. The molecule has 1 unspecified atom stereocenters. The van der Waals surface area contributed by atoms with Gasteiger partial charge in [0.15, 0.2) is 0 Å². The largest absolute Gasteiger partial charge is 0.324 e. The first-order valence-corrected chi connectivity index (χ1v) is 7.18. The molecule has 2 rings (SSSR count). The van der Waals surface area contributed by atoms with Crippen molar-refractivity contribution in [3.63, 3.8) is 0 Å². The lowest BCUT2D eigenvalue weighted by Crippen LogP contribution is -2.13. The van der Waals surface area contributed by atoms with E-state index in [4.69, 9.17) is 28.9 Å². The fraction of sp³-hybridized carbons (Fsp3) is 0.308. The van der Waals surface area contributed by atoms with Crippen molar-refractivity contribution in [3.8, 4) is 0 Å². The number of hydrogen-bond acceptors (Lipinski definition) is 3. The quantitative estimate of drug-likeness (QED) is 0.917. The minimum atomic E-state index is -0.153. The maximum atomic E-state index is 6.18. The minimum absolute atomic E-state index is 0.153. The maximum absolute atomic E-state index is 6.18. The summed E-state index contributed by atoms with van der Waals surface area (Å²) in [6.45, 7) is 4.08. The number of nitrogens with two attached hydrogens (primary N) is 1. The van der Waals surface area contributed by atoms with Crippen LogP contribution < -0.4 is 5.73 Å². The highest BCUT2D eigenvalue weighted by Crippen LogP contribution is 2.28. The first-order valence-electron chi connectivity index (χ1n) is 5.61. The number of benzene rings is 1. The van der Waals surface area contributed by atoms with E-state index in [1.807, 2.05) is 13.0 Å². The van der Waals surface area contributed by atoms with Gasteiger partial charge >= 0.3 is 0 Å². The molecule has 96 valence electrons. The number of hydrogen-bond donors (Lipinski definition) is 1. The third kappa shape index (κ3) is 3.04. The van der Waals surface area contributed by atoms with Gasteiger partial charge in [0, 0.05) is 27.4 Å². The molecule has 18 heavy (non-hydrogen) atoms. The van der Waals surface area contributed by atoms with Gasteiger partial charge < -0.3 is 5.73 Å². The fourth-order valence-electron chi connectivity index (χ4n) is 1.73. The first-order chi connectivity index (χ1) is 8.47. The van der Waals surface area contributed by atoms with E-state index in [2.05, 4.69) is 11.9 Å². The van der Waals surface area contributed by atoms with Crippen molar-refractivity contribution in [2.75, 3.05) is 0 Å². The average molecular weight is 301 g/mol. The molecular weight excluding hydrogens is 287 g/mol. The van der Waals surface area contributed by atoms with Crippen LogP contribution in [0.3, 0.4) is 0 Å². The second-order valence-corrected chi connectivity index (χ2v) is 6.36. The molecule has 1 heterocycles. The standard InChI is InChI=1S/C13H14Cl2N2S/c1-7-8(2)18-13(17-7)6-12(16)10-4-3-9(14)5-11(10)15/h3-5,12H,6,16H2,1-2H3. The molecule has 2 aromatic rings. The topological polar surface area (TPSA) is 38.9 Å². The first kappa shape index (κ1) is 13.8. The van der Waals surface area contributed by atoms with Gasteiger partial charge in [-0.1, -0.05) is 29.3 Å². The molecule has 0 aliphatic carbocycles. The second-order valence-electron chi connectivity index (χ2n) is 4.23.